The van der Waals surface area contributed by atoms with Gasteiger partial charge in [-0.1, -0.05) is 36.4 Å². The Balaban J connectivity index is 1.77. The van der Waals surface area contributed by atoms with Gasteiger partial charge in [-0.15, -0.1) is 0 Å². The van der Waals surface area contributed by atoms with Gasteiger partial charge in [-0.3, -0.25) is 10.0 Å². The number of rotatable bonds is 7. The molecule has 0 aromatic heterocycles. The average molecular weight is 273 g/mol. The molecule has 2 aromatic carbocycles. The minimum absolute atomic E-state index is 0.269. The molecule has 2 rings (SSSR count). The van der Waals surface area contributed by atoms with Gasteiger partial charge in [0, 0.05) is 37.1 Å². The van der Waals surface area contributed by atoms with Crippen LogP contribution in [0.25, 0.3) is 10.8 Å². The zero-order valence-corrected chi connectivity index (χ0v) is 11.2. The summed E-state index contributed by atoms with van der Waals surface area (Å²) in [4.78, 5) is 10.8. The number of carbonyl (C=O) groups excluding carboxylic acids is 1. The second kappa shape index (κ2) is 7.47. The second-order valence-corrected chi connectivity index (χ2v) is 4.49. The highest BCUT2D eigenvalue weighted by atomic mass is 16.5. The lowest BCUT2D eigenvalue weighted by Crippen LogP contribution is -2.28. The molecule has 0 aliphatic rings. The highest BCUT2D eigenvalue weighted by Gasteiger charge is 1.99. The Morgan fingerprint density at radius 2 is 1.80 bits per heavy atom. The molecule has 0 aliphatic heterocycles. The topological polar surface area (TPSA) is 73.4 Å². The summed E-state index contributed by atoms with van der Waals surface area (Å²) in [6.07, 6.45) is 0.269. The van der Waals surface area contributed by atoms with Gasteiger partial charge in [-0.05, 0) is 11.5 Å². The van der Waals surface area contributed by atoms with Crippen molar-refractivity contribution < 1.29 is 10.0 Å². The molecular formula is C15H19N3O2. The molecule has 0 saturated carbocycles. The van der Waals surface area contributed by atoms with E-state index in [1.165, 1.54) is 10.8 Å². The molecule has 0 heterocycles. The summed E-state index contributed by atoms with van der Waals surface area (Å²) in [6.45, 7) is 2.07. The van der Waals surface area contributed by atoms with E-state index in [0.717, 1.165) is 18.8 Å². The molecule has 106 valence electrons. The first-order chi connectivity index (χ1) is 9.81. The van der Waals surface area contributed by atoms with Crippen molar-refractivity contribution in [1.82, 2.24) is 10.8 Å². The van der Waals surface area contributed by atoms with Crippen LogP contribution >= 0.6 is 0 Å². The van der Waals surface area contributed by atoms with Crippen molar-refractivity contribution >= 4 is 22.4 Å². The highest BCUT2D eigenvalue weighted by molar-refractivity contribution is 5.93. The number of anilines is 1. The maximum absolute atomic E-state index is 10.8. The van der Waals surface area contributed by atoms with Crippen LogP contribution in [0.3, 0.4) is 0 Å². The molecule has 0 unspecified atom stereocenters. The van der Waals surface area contributed by atoms with Crippen LogP contribution in [0.5, 0.6) is 0 Å². The van der Waals surface area contributed by atoms with Gasteiger partial charge in [0.15, 0.2) is 0 Å². The summed E-state index contributed by atoms with van der Waals surface area (Å²) in [5.41, 5.74) is 2.72. The molecule has 0 aliphatic carbocycles. The smallest absolute Gasteiger partial charge is 0.244 e. The van der Waals surface area contributed by atoms with Crippen LogP contribution < -0.4 is 16.1 Å². The van der Waals surface area contributed by atoms with E-state index in [1.54, 1.807) is 5.48 Å². The van der Waals surface area contributed by atoms with Crippen LogP contribution in [-0.2, 0) is 4.79 Å². The third kappa shape index (κ3) is 3.94. The molecule has 5 nitrogen and oxygen atoms in total. The largest absolute Gasteiger partial charge is 0.383 e. The zero-order chi connectivity index (χ0) is 14.2. The monoisotopic (exact) mass is 273 g/mol. The van der Waals surface area contributed by atoms with Gasteiger partial charge in [0.1, 0.15) is 0 Å². The van der Waals surface area contributed by atoms with Gasteiger partial charge in [0.2, 0.25) is 5.91 Å². The van der Waals surface area contributed by atoms with E-state index < -0.39 is 0 Å². The number of nitrogens with one attached hydrogen (secondary N) is 3. The van der Waals surface area contributed by atoms with E-state index in [0.29, 0.717) is 6.54 Å². The fourth-order valence-corrected chi connectivity index (χ4v) is 2.05. The van der Waals surface area contributed by atoms with Crippen LogP contribution in [0.1, 0.15) is 6.42 Å². The first-order valence-electron chi connectivity index (χ1n) is 6.66. The quantitative estimate of drug-likeness (QED) is 0.352. The normalized spacial score (nSPS) is 10.4. The molecule has 0 spiro atoms. The SMILES string of the molecule is O=C(CCNCCNc1cccc2ccccc12)NO. The van der Waals surface area contributed by atoms with E-state index in [9.17, 15) is 4.79 Å². The number of fused-ring (bicyclic) bond motifs is 1. The van der Waals surface area contributed by atoms with Crippen molar-refractivity contribution in [3.63, 3.8) is 0 Å². The molecule has 0 fully saturated rings. The number of hydrogen-bond acceptors (Lipinski definition) is 4. The predicted octanol–water partition coefficient (Wildman–Crippen LogP) is 1.74. The van der Waals surface area contributed by atoms with Gasteiger partial charge in [-0.2, -0.15) is 0 Å². The molecule has 0 bridgehead atoms. The maximum atomic E-state index is 10.8. The Kier molecular flexibility index (Phi) is 5.34. The van der Waals surface area contributed by atoms with E-state index in [1.807, 2.05) is 18.2 Å². The van der Waals surface area contributed by atoms with Gasteiger partial charge >= 0.3 is 0 Å². The van der Waals surface area contributed by atoms with E-state index in [2.05, 4.69) is 34.9 Å². The fourth-order valence-electron chi connectivity index (χ4n) is 2.05. The number of benzene rings is 2. The molecule has 4 N–H and O–H groups in total. The molecule has 0 atom stereocenters. The minimum Gasteiger partial charge on any atom is -0.383 e. The zero-order valence-electron chi connectivity index (χ0n) is 11.2. The number of hydroxylamine groups is 1. The summed E-state index contributed by atoms with van der Waals surface area (Å²) in [7, 11) is 0. The number of carbonyl (C=O) groups is 1. The highest BCUT2D eigenvalue weighted by Crippen LogP contribution is 2.22. The third-order valence-electron chi connectivity index (χ3n) is 3.06. The van der Waals surface area contributed by atoms with E-state index in [-0.39, 0.29) is 12.3 Å². The van der Waals surface area contributed by atoms with Crippen molar-refractivity contribution in [3.05, 3.63) is 42.5 Å². The molecule has 1 amide bonds. The first kappa shape index (κ1) is 14.3. The summed E-state index contributed by atoms with van der Waals surface area (Å²) >= 11 is 0. The molecular weight excluding hydrogens is 254 g/mol. The van der Waals surface area contributed by atoms with Crippen LogP contribution in [0.2, 0.25) is 0 Å². The Bertz CT molecular complexity index is 567. The molecule has 5 heteroatoms. The summed E-state index contributed by atoms with van der Waals surface area (Å²) in [6, 6.07) is 14.4. The van der Waals surface area contributed by atoms with Crippen LogP contribution in [0, 0.1) is 0 Å². The fraction of sp³-hybridized carbons (Fsp3) is 0.267. The molecule has 2 aromatic rings. The van der Waals surface area contributed by atoms with Crippen molar-refractivity contribution in [2.75, 3.05) is 25.0 Å². The Morgan fingerprint density at radius 3 is 2.65 bits per heavy atom. The molecule has 0 saturated heterocycles. The van der Waals surface area contributed by atoms with Crippen LogP contribution in [0.15, 0.2) is 42.5 Å². The molecule has 20 heavy (non-hydrogen) atoms. The van der Waals surface area contributed by atoms with Crippen LogP contribution in [-0.4, -0.2) is 30.7 Å². The Labute approximate surface area is 117 Å². The summed E-state index contributed by atoms with van der Waals surface area (Å²) < 4.78 is 0. The first-order valence-corrected chi connectivity index (χ1v) is 6.66. The molecule has 0 radical (unpaired) electrons. The maximum Gasteiger partial charge on any atom is 0.244 e. The second-order valence-electron chi connectivity index (χ2n) is 4.49. The van der Waals surface area contributed by atoms with Crippen molar-refractivity contribution in [1.29, 1.82) is 0 Å². The number of amides is 1. The number of hydrogen-bond donors (Lipinski definition) is 4. The standard InChI is InChI=1S/C15H19N3O2/c19-15(18-20)8-9-16-10-11-17-14-7-3-5-12-4-1-2-6-13(12)14/h1-7,16-17,20H,8-11H2,(H,18,19). The summed E-state index contributed by atoms with van der Waals surface area (Å²) in [5, 5.41) is 17.3. The van der Waals surface area contributed by atoms with Gasteiger partial charge < -0.3 is 10.6 Å². The van der Waals surface area contributed by atoms with Crippen molar-refractivity contribution in [2.24, 2.45) is 0 Å². The lowest BCUT2D eigenvalue weighted by Gasteiger charge is -2.10. The van der Waals surface area contributed by atoms with E-state index in [4.69, 9.17) is 5.21 Å². The lowest BCUT2D eigenvalue weighted by molar-refractivity contribution is -0.129. The van der Waals surface area contributed by atoms with Crippen molar-refractivity contribution in [2.45, 2.75) is 6.42 Å². The predicted molar refractivity (Wildman–Crippen MR) is 79.9 cm³/mol. The Hall–Kier alpha value is -2.11. The lowest BCUT2D eigenvalue weighted by atomic mass is 10.1. The minimum atomic E-state index is -0.375. The van der Waals surface area contributed by atoms with Crippen molar-refractivity contribution in [3.8, 4) is 0 Å². The average Bonchev–Trinajstić information content (AvgIpc) is 2.50. The Morgan fingerprint density at radius 1 is 1.00 bits per heavy atom. The summed E-state index contributed by atoms with van der Waals surface area (Å²) in [5.74, 6) is -0.375. The third-order valence-corrected chi connectivity index (χ3v) is 3.06. The van der Waals surface area contributed by atoms with Gasteiger partial charge in [0.05, 0.1) is 0 Å². The van der Waals surface area contributed by atoms with E-state index >= 15 is 0 Å². The van der Waals surface area contributed by atoms with Crippen LogP contribution in [0.4, 0.5) is 5.69 Å². The van der Waals surface area contributed by atoms with Gasteiger partial charge in [0.25, 0.3) is 0 Å². The van der Waals surface area contributed by atoms with Gasteiger partial charge in [-0.25, -0.2) is 5.48 Å².